The first-order chi connectivity index (χ1) is 11.0. The van der Waals surface area contributed by atoms with Crippen LogP contribution in [-0.2, 0) is 11.3 Å². The Bertz CT molecular complexity index is 575. The Balaban J connectivity index is 1.93. The van der Waals surface area contributed by atoms with Crippen molar-refractivity contribution in [3.8, 4) is 0 Å². The van der Waals surface area contributed by atoms with Gasteiger partial charge in [-0.3, -0.25) is 0 Å². The average Bonchev–Trinajstić information content (AvgIpc) is 2.67. The smallest absolute Gasteiger partial charge is 0.407 e. The van der Waals surface area contributed by atoms with E-state index in [1.54, 1.807) is 13.0 Å². The Labute approximate surface area is 134 Å². The second kappa shape index (κ2) is 7.64. The molecular weight excluding hydrogens is 300 g/mol. The summed E-state index contributed by atoms with van der Waals surface area (Å²) in [5, 5.41) is 21.7. The molecule has 1 aromatic rings. The summed E-state index contributed by atoms with van der Waals surface area (Å²) in [5.41, 5.74) is 0.838. The second-order valence-electron chi connectivity index (χ2n) is 5.36. The number of carboxylic acid groups (broad SMARTS) is 1. The van der Waals surface area contributed by atoms with Gasteiger partial charge in [-0.2, -0.15) is 0 Å². The normalized spacial score (nSPS) is 23.9. The monoisotopic (exact) mass is 320 g/mol. The van der Waals surface area contributed by atoms with Crippen molar-refractivity contribution in [1.29, 1.82) is 0 Å². The van der Waals surface area contributed by atoms with Crippen molar-refractivity contribution in [2.45, 2.75) is 31.7 Å². The van der Waals surface area contributed by atoms with Gasteiger partial charge in [0.05, 0.1) is 18.2 Å². The first kappa shape index (κ1) is 16.8. The summed E-state index contributed by atoms with van der Waals surface area (Å²) in [6, 6.07) is 8.03. The van der Waals surface area contributed by atoms with Gasteiger partial charge in [0.25, 0.3) is 0 Å². The molecule has 3 atom stereocenters. The maximum Gasteiger partial charge on any atom is 0.407 e. The van der Waals surface area contributed by atoms with Gasteiger partial charge in [0.2, 0.25) is 0 Å². The van der Waals surface area contributed by atoms with Crippen molar-refractivity contribution < 1.29 is 24.5 Å². The molecule has 0 saturated heterocycles. The predicted molar refractivity (Wildman–Crippen MR) is 82.9 cm³/mol. The highest BCUT2D eigenvalue weighted by atomic mass is 16.5. The predicted octanol–water partition coefficient (Wildman–Crippen LogP) is 1.58. The summed E-state index contributed by atoms with van der Waals surface area (Å²) in [6.45, 7) is 1.78. The molecule has 0 aromatic heterocycles. The number of amides is 2. The minimum Gasteiger partial charge on any atom is -0.465 e. The fourth-order valence-corrected chi connectivity index (χ4v) is 2.30. The van der Waals surface area contributed by atoms with E-state index < -0.39 is 24.3 Å². The van der Waals surface area contributed by atoms with Crippen LogP contribution >= 0.6 is 0 Å². The first-order valence-electron chi connectivity index (χ1n) is 7.30. The second-order valence-corrected chi connectivity index (χ2v) is 5.36. The molecule has 0 saturated carbocycles. The number of alkyl carbamates (subject to hydrolysis) is 1. The molecule has 0 radical (unpaired) electrons. The van der Waals surface area contributed by atoms with Crippen LogP contribution in [0.15, 0.2) is 42.5 Å². The van der Waals surface area contributed by atoms with Gasteiger partial charge in [-0.05, 0) is 12.5 Å². The molecule has 1 aromatic carbocycles. The van der Waals surface area contributed by atoms with Crippen LogP contribution in [0, 0.1) is 0 Å². The Morgan fingerprint density at radius 2 is 2.00 bits per heavy atom. The van der Waals surface area contributed by atoms with Gasteiger partial charge >= 0.3 is 12.2 Å². The molecule has 1 unspecified atom stereocenters. The highest BCUT2D eigenvalue weighted by Crippen LogP contribution is 2.12. The molecule has 1 heterocycles. The topological polar surface area (TPSA) is 99.1 Å². The van der Waals surface area contributed by atoms with Gasteiger partial charge < -0.3 is 25.2 Å². The first-order valence-corrected chi connectivity index (χ1v) is 7.30. The Kier molecular flexibility index (Phi) is 5.59. The molecule has 7 heteroatoms. The number of aliphatic hydroxyl groups excluding tert-OH is 1. The minimum atomic E-state index is -1.11. The summed E-state index contributed by atoms with van der Waals surface area (Å²) in [4.78, 5) is 24.2. The minimum absolute atomic E-state index is 0.0227. The number of nitrogens with one attached hydrogen (secondary N) is 1. The molecule has 124 valence electrons. The number of carbonyl (C=O) groups is 2. The van der Waals surface area contributed by atoms with Crippen molar-refractivity contribution in [2.24, 2.45) is 0 Å². The maximum atomic E-state index is 11.9. The molecule has 0 spiro atoms. The van der Waals surface area contributed by atoms with E-state index in [9.17, 15) is 19.8 Å². The van der Waals surface area contributed by atoms with E-state index in [1.165, 1.54) is 6.08 Å². The quantitative estimate of drug-likeness (QED) is 0.734. The molecule has 3 N–H and O–H groups in total. The highest BCUT2D eigenvalue weighted by molar-refractivity contribution is 5.69. The van der Waals surface area contributed by atoms with Crippen LogP contribution < -0.4 is 5.32 Å². The third-order valence-electron chi connectivity index (χ3n) is 3.65. The number of hydrogen-bond acceptors (Lipinski definition) is 4. The van der Waals surface area contributed by atoms with E-state index in [2.05, 4.69) is 5.32 Å². The van der Waals surface area contributed by atoms with Crippen molar-refractivity contribution in [2.75, 3.05) is 6.54 Å². The van der Waals surface area contributed by atoms with Crippen molar-refractivity contribution in [3.05, 3.63) is 48.0 Å². The number of rotatable bonds is 3. The molecule has 23 heavy (non-hydrogen) atoms. The van der Waals surface area contributed by atoms with E-state index in [4.69, 9.17) is 4.74 Å². The zero-order valence-electron chi connectivity index (χ0n) is 12.8. The molecule has 0 bridgehead atoms. The number of carbonyl (C=O) groups excluding carboxylic acids is 1. The van der Waals surface area contributed by atoms with Gasteiger partial charge in [-0.25, -0.2) is 9.59 Å². The molecule has 1 aliphatic heterocycles. The van der Waals surface area contributed by atoms with Crippen LogP contribution in [0.1, 0.15) is 12.5 Å². The zero-order valence-corrected chi connectivity index (χ0v) is 12.8. The third-order valence-corrected chi connectivity index (χ3v) is 3.65. The van der Waals surface area contributed by atoms with Crippen LogP contribution in [0.3, 0.4) is 0 Å². The third kappa shape index (κ3) is 4.72. The maximum absolute atomic E-state index is 11.9. The zero-order chi connectivity index (χ0) is 16.8. The Morgan fingerprint density at radius 3 is 2.65 bits per heavy atom. The van der Waals surface area contributed by atoms with Crippen molar-refractivity contribution in [1.82, 2.24) is 10.2 Å². The number of ether oxygens (including phenoxy) is 1. The van der Waals surface area contributed by atoms with E-state index in [0.717, 1.165) is 10.5 Å². The van der Waals surface area contributed by atoms with E-state index in [1.807, 2.05) is 30.3 Å². The lowest BCUT2D eigenvalue weighted by Gasteiger charge is -2.27. The Morgan fingerprint density at radius 1 is 1.30 bits per heavy atom. The van der Waals surface area contributed by atoms with Gasteiger partial charge in [0.1, 0.15) is 6.61 Å². The average molecular weight is 320 g/mol. The summed E-state index contributed by atoms with van der Waals surface area (Å²) >= 11 is 0. The molecule has 2 rings (SSSR count). The number of aliphatic hydroxyl groups is 1. The Hall–Kier alpha value is -2.54. The molecule has 7 nitrogen and oxygen atoms in total. The van der Waals surface area contributed by atoms with E-state index in [0.29, 0.717) is 0 Å². The number of nitrogens with zero attached hydrogens (tertiary/aromatic N) is 1. The largest absolute Gasteiger partial charge is 0.465 e. The molecular formula is C16H20N2O5. The molecule has 0 aliphatic carbocycles. The van der Waals surface area contributed by atoms with Crippen LogP contribution in [0.5, 0.6) is 0 Å². The van der Waals surface area contributed by atoms with Gasteiger partial charge in [0.15, 0.2) is 0 Å². The lowest BCUT2D eigenvalue weighted by molar-refractivity contribution is 0.0977. The molecule has 2 amide bonds. The van der Waals surface area contributed by atoms with Crippen LogP contribution in [0.2, 0.25) is 0 Å². The standard InChI is InChI=1S/C16H20N2O5/c1-11-7-8-14(19)13(9-18(11)16(21)22)17-15(20)23-10-12-5-3-2-4-6-12/h2-8,11,13-14,19H,9-10H2,1H3,(H,17,20)(H,21,22)/t11-,13+,14?/m0/s1. The van der Waals surface area contributed by atoms with Crippen LogP contribution in [-0.4, -0.2) is 52.0 Å². The summed E-state index contributed by atoms with van der Waals surface area (Å²) in [6.07, 6.45) is 0.281. The molecule has 0 fully saturated rings. The van der Waals surface area contributed by atoms with Crippen LogP contribution in [0.25, 0.3) is 0 Å². The lowest BCUT2D eigenvalue weighted by Crippen LogP contribution is -2.51. The van der Waals surface area contributed by atoms with Crippen molar-refractivity contribution >= 4 is 12.2 Å². The van der Waals surface area contributed by atoms with E-state index >= 15 is 0 Å². The fourth-order valence-electron chi connectivity index (χ4n) is 2.30. The van der Waals surface area contributed by atoms with Gasteiger partial charge in [-0.15, -0.1) is 0 Å². The SMILES string of the molecule is C[C@H]1C=CC(O)[C@H](NC(=O)OCc2ccccc2)CN1C(=O)O. The fraction of sp³-hybridized carbons (Fsp3) is 0.375. The van der Waals surface area contributed by atoms with Crippen LogP contribution in [0.4, 0.5) is 9.59 Å². The molecule has 1 aliphatic rings. The lowest BCUT2D eigenvalue weighted by atomic mass is 10.1. The summed E-state index contributed by atoms with van der Waals surface area (Å²) < 4.78 is 5.09. The van der Waals surface area contributed by atoms with E-state index in [-0.39, 0.29) is 19.2 Å². The summed E-state index contributed by atoms with van der Waals surface area (Å²) in [7, 11) is 0. The number of hydrogen-bond donors (Lipinski definition) is 3. The van der Waals surface area contributed by atoms with Crippen molar-refractivity contribution in [3.63, 3.8) is 0 Å². The van der Waals surface area contributed by atoms with Gasteiger partial charge in [-0.1, -0.05) is 42.5 Å². The highest BCUT2D eigenvalue weighted by Gasteiger charge is 2.30. The van der Waals surface area contributed by atoms with Gasteiger partial charge in [0, 0.05) is 6.54 Å². The summed E-state index contributed by atoms with van der Waals surface area (Å²) in [5.74, 6) is 0. The number of benzene rings is 1.